The highest BCUT2D eigenvalue weighted by molar-refractivity contribution is 5.78. The Morgan fingerprint density at radius 1 is 1.30 bits per heavy atom. The maximum Gasteiger partial charge on any atom is 0.236 e. The topological polar surface area (TPSA) is 43.8 Å². The fraction of sp³-hybridized carbons (Fsp3) is 0.438. The van der Waals surface area contributed by atoms with E-state index in [4.69, 9.17) is 5.11 Å². The largest absolute Gasteiger partial charge is 0.395 e. The molecule has 1 heterocycles. The third-order valence-electron chi connectivity index (χ3n) is 3.41. The zero-order valence-electron chi connectivity index (χ0n) is 11.8. The summed E-state index contributed by atoms with van der Waals surface area (Å²) in [6.07, 6.45) is 0.487. The first-order chi connectivity index (χ1) is 9.70. The molecule has 0 aromatic heterocycles. The van der Waals surface area contributed by atoms with Gasteiger partial charge in [-0.25, -0.2) is 0 Å². The predicted octanol–water partition coefficient (Wildman–Crippen LogP) is 0.694. The molecule has 1 fully saturated rings. The lowest BCUT2D eigenvalue weighted by Crippen LogP contribution is -2.48. The maximum absolute atomic E-state index is 11.7. The number of benzene rings is 1. The van der Waals surface area contributed by atoms with Crippen LogP contribution in [0.3, 0.4) is 0 Å². The monoisotopic (exact) mass is 272 g/mol. The van der Waals surface area contributed by atoms with Crippen LogP contribution in [-0.4, -0.2) is 54.1 Å². The Balaban J connectivity index is 2.06. The first-order valence-electron chi connectivity index (χ1n) is 6.84. The van der Waals surface area contributed by atoms with E-state index in [0.29, 0.717) is 13.0 Å². The lowest BCUT2D eigenvalue weighted by molar-refractivity contribution is -0.134. The molecule has 0 spiro atoms. The van der Waals surface area contributed by atoms with Crippen LogP contribution in [0, 0.1) is 11.8 Å². The molecule has 4 heteroatoms. The van der Waals surface area contributed by atoms with Crippen molar-refractivity contribution in [1.82, 2.24) is 9.80 Å². The molecule has 0 atom stereocenters. The molecular weight excluding hydrogens is 252 g/mol. The van der Waals surface area contributed by atoms with E-state index in [1.807, 2.05) is 31.3 Å². The Kier molecular flexibility index (Phi) is 5.16. The van der Waals surface area contributed by atoms with Crippen LogP contribution in [0.5, 0.6) is 0 Å². The summed E-state index contributed by atoms with van der Waals surface area (Å²) in [6.45, 7) is 2.96. The highest BCUT2D eigenvalue weighted by atomic mass is 16.2. The van der Waals surface area contributed by atoms with Gasteiger partial charge in [-0.2, -0.15) is 0 Å². The normalized spacial score (nSPS) is 15.9. The first kappa shape index (κ1) is 14.6. The minimum atomic E-state index is 0.0854. The van der Waals surface area contributed by atoms with E-state index < -0.39 is 0 Å². The van der Waals surface area contributed by atoms with E-state index in [-0.39, 0.29) is 12.5 Å². The smallest absolute Gasteiger partial charge is 0.236 e. The summed E-state index contributed by atoms with van der Waals surface area (Å²) >= 11 is 0. The second-order valence-corrected chi connectivity index (χ2v) is 4.96. The van der Waals surface area contributed by atoms with Gasteiger partial charge in [0.2, 0.25) is 5.91 Å². The standard InChI is InChI=1S/C16H20N2O2/c1-17-9-10-18(13-16(17)20)12-15-8-3-2-6-14(15)7-4-5-11-19/h2-3,6,8,19H,5,9-13H2,1H3. The van der Waals surface area contributed by atoms with Crippen LogP contribution in [0.4, 0.5) is 0 Å². The van der Waals surface area contributed by atoms with Crippen molar-refractivity contribution in [3.05, 3.63) is 35.4 Å². The second kappa shape index (κ2) is 7.09. The van der Waals surface area contributed by atoms with Crippen molar-refractivity contribution in [1.29, 1.82) is 0 Å². The summed E-state index contributed by atoms with van der Waals surface area (Å²) < 4.78 is 0. The van der Waals surface area contributed by atoms with Gasteiger partial charge < -0.3 is 10.0 Å². The average Bonchev–Trinajstić information content (AvgIpc) is 2.45. The lowest BCUT2D eigenvalue weighted by Gasteiger charge is -2.32. The van der Waals surface area contributed by atoms with Gasteiger partial charge in [0.05, 0.1) is 13.2 Å². The number of piperazine rings is 1. The van der Waals surface area contributed by atoms with E-state index >= 15 is 0 Å². The molecule has 106 valence electrons. The van der Waals surface area contributed by atoms with E-state index in [9.17, 15) is 4.79 Å². The molecule has 1 N–H and O–H groups in total. The Bertz CT molecular complexity index is 531. The number of likely N-dealkylation sites (N-methyl/N-ethyl adjacent to an activating group) is 1. The van der Waals surface area contributed by atoms with Gasteiger partial charge in [-0.05, 0) is 11.6 Å². The van der Waals surface area contributed by atoms with Gasteiger partial charge in [-0.15, -0.1) is 0 Å². The number of hydrogen-bond acceptors (Lipinski definition) is 3. The number of nitrogens with zero attached hydrogens (tertiary/aromatic N) is 2. The molecule has 1 saturated heterocycles. The van der Waals surface area contributed by atoms with Crippen molar-refractivity contribution < 1.29 is 9.90 Å². The van der Waals surface area contributed by atoms with Crippen molar-refractivity contribution in [3.8, 4) is 11.8 Å². The fourth-order valence-electron chi connectivity index (χ4n) is 2.18. The number of aliphatic hydroxyl groups excluding tert-OH is 1. The molecule has 0 saturated carbocycles. The summed E-state index contributed by atoms with van der Waals surface area (Å²) in [6, 6.07) is 7.98. The molecule has 1 amide bonds. The predicted molar refractivity (Wildman–Crippen MR) is 77.9 cm³/mol. The molecule has 20 heavy (non-hydrogen) atoms. The highest BCUT2D eigenvalue weighted by Gasteiger charge is 2.21. The van der Waals surface area contributed by atoms with Crippen molar-refractivity contribution in [3.63, 3.8) is 0 Å². The Morgan fingerprint density at radius 3 is 2.85 bits per heavy atom. The van der Waals surface area contributed by atoms with Crippen molar-refractivity contribution in [2.24, 2.45) is 0 Å². The van der Waals surface area contributed by atoms with Crippen LogP contribution in [0.25, 0.3) is 0 Å². The molecule has 1 aromatic carbocycles. The summed E-state index contributed by atoms with van der Waals surface area (Å²) in [4.78, 5) is 15.6. The van der Waals surface area contributed by atoms with Gasteiger partial charge in [-0.1, -0.05) is 30.0 Å². The van der Waals surface area contributed by atoms with Crippen LogP contribution in [0.15, 0.2) is 24.3 Å². The number of hydrogen-bond donors (Lipinski definition) is 1. The summed E-state index contributed by atoms with van der Waals surface area (Å²) in [5.74, 6) is 6.21. The molecule has 0 radical (unpaired) electrons. The van der Waals surface area contributed by atoms with E-state index in [2.05, 4.69) is 16.7 Å². The summed E-state index contributed by atoms with van der Waals surface area (Å²) in [5, 5.41) is 8.78. The molecule has 1 aliphatic heterocycles. The average molecular weight is 272 g/mol. The molecule has 1 aromatic rings. The van der Waals surface area contributed by atoms with E-state index in [1.54, 1.807) is 4.90 Å². The maximum atomic E-state index is 11.7. The Labute approximate surface area is 120 Å². The molecule has 4 nitrogen and oxygen atoms in total. The fourth-order valence-corrected chi connectivity index (χ4v) is 2.18. The highest BCUT2D eigenvalue weighted by Crippen LogP contribution is 2.12. The van der Waals surface area contributed by atoms with Crippen LogP contribution in [0.2, 0.25) is 0 Å². The number of rotatable bonds is 3. The Hall–Kier alpha value is -1.83. The van der Waals surface area contributed by atoms with E-state index in [1.165, 1.54) is 0 Å². The van der Waals surface area contributed by atoms with E-state index in [0.717, 1.165) is 30.8 Å². The second-order valence-electron chi connectivity index (χ2n) is 4.96. The number of aliphatic hydroxyl groups is 1. The molecule has 2 rings (SSSR count). The van der Waals surface area contributed by atoms with Crippen LogP contribution in [0.1, 0.15) is 17.5 Å². The van der Waals surface area contributed by atoms with Gasteiger partial charge in [0.25, 0.3) is 0 Å². The first-order valence-corrected chi connectivity index (χ1v) is 6.84. The number of carbonyl (C=O) groups excluding carboxylic acids is 1. The SMILES string of the molecule is CN1CCN(Cc2ccccc2C#CCCO)CC1=O. The minimum absolute atomic E-state index is 0.0854. The molecular formula is C16H20N2O2. The lowest BCUT2D eigenvalue weighted by atomic mass is 10.1. The third kappa shape index (κ3) is 3.83. The van der Waals surface area contributed by atoms with Crippen molar-refractivity contribution in [2.45, 2.75) is 13.0 Å². The quantitative estimate of drug-likeness (QED) is 0.824. The molecule has 1 aliphatic rings. The van der Waals surface area contributed by atoms with Crippen molar-refractivity contribution in [2.75, 3.05) is 33.3 Å². The Morgan fingerprint density at radius 2 is 2.10 bits per heavy atom. The number of carbonyl (C=O) groups is 1. The van der Waals surface area contributed by atoms with Gasteiger partial charge in [0, 0.05) is 38.7 Å². The molecule has 0 aliphatic carbocycles. The zero-order chi connectivity index (χ0) is 14.4. The molecule has 0 bridgehead atoms. The number of amides is 1. The van der Waals surface area contributed by atoms with Crippen molar-refractivity contribution >= 4 is 5.91 Å². The van der Waals surface area contributed by atoms with Gasteiger partial charge in [-0.3, -0.25) is 9.69 Å². The minimum Gasteiger partial charge on any atom is -0.395 e. The van der Waals surface area contributed by atoms with Crippen LogP contribution in [-0.2, 0) is 11.3 Å². The zero-order valence-corrected chi connectivity index (χ0v) is 11.8. The summed E-state index contributed by atoms with van der Waals surface area (Å²) in [5.41, 5.74) is 2.11. The molecule has 0 unspecified atom stereocenters. The van der Waals surface area contributed by atoms with Gasteiger partial charge >= 0.3 is 0 Å². The van der Waals surface area contributed by atoms with Crippen LogP contribution >= 0.6 is 0 Å². The summed E-state index contributed by atoms with van der Waals surface area (Å²) in [7, 11) is 1.84. The third-order valence-corrected chi connectivity index (χ3v) is 3.41. The van der Waals surface area contributed by atoms with Gasteiger partial charge in [0.15, 0.2) is 0 Å². The van der Waals surface area contributed by atoms with Crippen LogP contribution < -0.4 is 0 Å². The van der Waals surface area contributed by atoms with Gasteiger partial charge in [0.1, 0.15) is 0 Å².